The smallest absolute Gasteiger partial charge is 0.220 e. The first-order valence-electron chi connectivity index (χ1n) is 6.69. The second-order valence-electron chi connectivity index (χ2n) is 4.93. The van der Waals surface area contributed by atoms with E-state index < -0.39 is 0 Å². The van der Waals surface area contributed by atoms with Gasteiger partial charge in [0.25, 0.3) is 0 Å². The summed E-state index contributed by atoms with van der Waals surface area (Å²) in [5.41, 5.74) is 7.25. The topological polar surface area (TPSA) is 67.1 Å². The summed E-state index contributed by atoms with van der Waals surface area (Å²) < 4.78 is 0. The standard InChI is InChI=1S/C14H18ClN3OS/c15-9-3-6-12(11(8-9)14(16)20)17-7-1-2-13(19)18-10-4-5-10/h3,6,8,10,17H,1-2,4-5,7H2,(H2,16,20)(H,18,19). The molecule has 0 unspecified atom stereocenters. The van der Waals surface area contributed by atoms with Crippen LogP contribution in [0, 0.1) is 0 Å². The van der Waals surface area contributed by atoms with Crippen molar-refractivity contribution in [1.29, 1.82) is 0 Å². The average molecular weight is 312 g/mol. The number of nitrogens with one attached hydrogen (secondary N) is 2. The SMILES string of the molecule is NC(=S)c1cc(Cl)ccc1NCCCC(=O)NC1CC1. The Morgan fingerprint density at radius 3 is 2.85 bits per heavy atom. The van der Waals surface area contributed by atoms with Crippen LogP contribution in [0.1, 0.15) is 31.2 Å². The largest absolute Gasteiger partial charge is 0.389 e. The highest BCUT2D eigenvalue weighted by atomic mass is 35.5. The normalized spacial score (nSPS) is 13.8. The van der Waals surface area contributed by atoms with Crippen LogP contribution in [0.3, 0.4) is 0 Å². The third-order valence-corrected chi connectivity index (χ3v) is 3.54. The lowest BCUT2D eigenvalue weighted by atomic mass is 10.1. The Kier molecular flexibility index (Phi) is 5.20. The number of carbonyl (C=O) groups excluding carboxylic acids is 1. The summed E-state index contributed by atoms with van der Waals surface area (Å²) in [7, 11) is 0. The van der Waals surface area contributed by atoms with Gasteiger partial charge in [0.2, 0.25) is 5.91 Å². The minimum Gasteiger partial charge on any atom is -0.389 e. The number of amides is 1. The number of halogens is 1. The third-order valence-electron chi connectivity index (χ3n) is 3.09. The molecule has 0 atom stereocenters. The van der Waals surface area contributed by atoms with E-state index >= 15 is 0 Å². The van der Waals surface area contributed by atoms with Gasteiger partial charge in [-0.1, -0.05) is 23.8 Å². The second-order valence-corrected chi connectivity index (χ2v) is 5.80. The van der Waals surface area contributed by atoms with Crippen LogP contribution < -0.4 is 16.4 Å². The highest BCUT2D eigenvalue weighted by molar-refractivity contribution is 7.80. The van der Waals surface area contributed by atoms with Crippen LogP contribution in [-0.2, 0) is 4.79 Å². The number of hydrogen-bond donors (Lipinski definition) is 3. The number of rotatable bonds is 7. The van der Waals surface area contributed by atoms with Gasteiger partial charge in [-0.15, -0.1) is 0 Å². The van der Waals surface area contributed by atoms with Crippen molar-refractivity contribution in [3.63, 3.8) is 0 Å². The molecule has 1 aromatic carbocycles. The lowest BCUT2D eigenvalue weighted by molar-refractivity contribution is -0.121. The van der Waals surface area contributed by atoms with Gasteiger partial charge in [0.15, 0.2) is 0 Å². The molecule has 20 heavy (non-hydrogen) atoms. The van der Waals surface area contributed by atoms with Crippen molar-refractivity contribution >= 4 is 40.4 Å². The molecule has 2 rings (SSSR count). The van der Waals surface area contributed by atoms with Gasteiger partial charge in [0, 0.05) is 35.3 Å². The molecule has 0 heterocycles. The van der Waals surface area contributed by atoms with Crippen molar-refractivity contribution in [1.82, 2.24) is 5.32 Å². The van der Waals surface area contributed by atoms with E-state index in [2.05, 4.69) is 10.6 Å². The van der Waals surface area contributed by atoms with E-state index in [4.69, 9.17) is 29.6 Å². The van der Waals surface area contributed by atoms with Gasteiger partial charge in [0.1, 0.15) is 4.99 Å². The Bertz CT molecular complexity index is 517. The summed E-state index contributed by atoms with van der Waals surface area (Å²) in [6.07, 6.45) is 3.52. The molecule has 0 spiro atoms. The molecule has 0 aliphatic heterocycles. The predicted octanol–water partition coefficient (Wildman–Crippen LogP) is 2.44. The molecule has 0 bridgehead atoms. The van der Waals surface area contributed by atoms with Gasteiger partial charge in [-0.05, 0) is 37.5 Å². The van der Waals surface area contributed by atoms with E-state index in [1.165, 1.54) is 0 Å². The molecule has 0 aromatic heterocycles. The van der Waals surface area contributed by atoms with Crippen molar-refractivity contribution in [3.8, 4) is 0 Å². The maximum absolute atomic E-state index is 11.5. The minimum atomic E-state index is 0.125. The molecule has 1 saturated carbocycles. The van der Waals surface area contributed by atoms with E-state index in [9.17, 15) is 4.79 Å². The fourth-order valence-corrected chi connectivity index (χ4v) is 2.21. The summed E-state index contributed by atoms with van der Waals surface area (Å²) in [5, 5.41) is 6.80. The second kappa shape index (κ2) is 6.90. The first-order valence-corrected chi connectivity index (χ1v) is 7.47. The van der Waals surface area contributed by atoms with Crippen molar-refractivity contribution in [3.05, 3.63) is 28.8 Å². The molecule has 1 aliphatic rings. The number of benzene rings is 1. The van der Waals surface area contributed by atoms with Crippen molar-refractivity contribution in [2.24, 2.45) is 5.73 Å². The molecule has 1 aliphatic carbocycles. The summed E-state index contributed by atoms with van der Waals surface area (Å²) in [6, 6.07) is 5.80. The fraction of sp³-hybridized carbons (Fsp3) is 0.429. The van der Waals surface area contributed by atoms with Gasteiger partial charge < -0.3 is 16.4 Å². The number of carbonyl (C=O) groups is 1. The van der Waals surface area contributed by atoms with E-state index in [1.54, 1.807) is 12.1 Å². The fourth-order valence-electron chi connectivity index (χ4n) is 1.87. The van der Waals surface area contributed by atoms with Crippen LogP contribution in [-0.4, -0.2) is 23.5 Å². The Labute approximate surface area is 129 Å². The minimum absolute atomic E-state index is 0.125. The molecular formula is C14H18ClN3OS. The molecule has 1 amide bonds. The Morgan fingerprint density at radius 1 is 1.45 bits per heavy atom. The van der Waals surface area contributed by atoms with Crippen molar-refractivity contribution in [2.75, 3.05) is 11.9 Å². The molecule has 1 aromatic rings. The van der Waals surface area contributed by atoms with Crippen LogP contribution in [0.25, 0.3) is 0 Å². The molecule has 6 heteroatoms. The Hall–Kier alpha value is -1.33. The molecule has 4 N–H and O–H groups in total. The first kappa shape index (κ1) is 15.1. The van der Waals surface area contributed by atoms with Crippen LogP contribution in [0.15, 0.2) is 18.2 Å². The van der Waals surface area contributed by atoms with E-state index in [1.807, 2.05) is 6.07 Å². The van der Waals surface area contributed by atoms with Gasteiger partial charge >= 0.3 is 0 Å². The van der Waals surface area contributed by atoms with Gasteiger partial charge in [-0.2, -0.15) is 0 Å². The highest BCUT2D eigenvalue weighted by Gasteiger charge is 2.22. The predicted molar refractivity (Wildman–Crippen MR) is 86.2 cm³/mol. The van der Waals surface area contributed by atoms with Gasteiger partial charge in [-0.3, -0.25) is 4.79 Å². The maximum atomic E-state index is 11.5. The van der Waals surface area contributed by atoms with Gasteiger partial charge in [0.05, 0.1) is 0 Å². The Balaban J connectivity index is 1.78. The number of thiocarbonyl (C=S) groups is 1. The average Bonchev–Trinajstić information content (AvgIpc) is 3.19. The zero-order valence-corrected chi connectivity index (χ0v) is 12.7. The Morgan fingerprint density at radius 2 is 2.20 bits per heavy atom. The van der Waals surface area contributed by atoms with Crippen molar-refractivity contribution < 1.29 is 4.79 Å². The summed E-state index contributed by atoms with van der Waals surface area (Å²) >= 11 is 10.9. The van der Waals surface area contributed by atoms with Crippen LogP contribution >= 0.6 is 23.8 Å². The van der Waals surface area contributed by atoms with Crippen LogP contribution in [0.5, 0.6) is 0 Å². The summed E-state index contributed by atoms with van der Waals surface area (Å²) in [4.78, 5) is 11.8. The monoisotopic (exact) mass is 311 g/mol. The van der Waals surface area contributed by atoms with Crippen molar-refractivity contribution in [2.45, 2.75) is 31.7 Å². The van der Waals surface area contributed by atoms with E-state index in [0.29, 0.717) is 29.0 Å². The first-order chi connectivity index (χ1) is 9.56. The lowest BCUT2D eigenvalue weighted by Gasteiger charge is -2.11. The quantitative estimate of drug-likeness (QED) is 0.534. The third kappa shape index (κ3) is 4.65. The van der Waals surface area contributed by atoms with Gasteiger partial charge in [-0.25, -0.2) is 0 Å². The number of hydrogen-bond acceptors (Lipinski definition) is 3. The maximum Gasteiger partial charge on any atom is 0.220 e. The lowest BCUT2D eigenvalue weighted by Crippen LogP contribution is -2.25. The highest BCUT2D eigenvalue weighted by Crippen LogP contribution is 2.21. The zero-order chi connectivity index (χ0) is 14.5. The molecule has 1 fully saturated rings. The van der Waals surface area contributed by atoms with E-state index in [-0.39, 0.29) is 5.91 Å². The molecule has 4 nitrogen and oxygen atoms in total. The number of anilines is 1. The molecule has 0 radical (unpaired) electrons. The van der Waals surface area contributed by atoms with Crippen LogP contribution in [0.4, 0.5) is 5.69 Å². The molecular weight excluding hydrogens is 294 g/mol. The van der Waals surface area contributed by atoms with Crippen LogP contribution in [0.2, 0.25) is 5.02 Å². The summed E-state index contributed by atoms with van der Waals surface area (Å²) in [5.74, 6) is 0.125. The van der Waals surface area contributed by atoms with E-state index in [0.717, 1.165) is 30.5 Å². The number of nitrogens with two attached hydrogens (primary N) is 1. The summed E-state index contributed by atoms with van der Waals surface area (Å²) in [6.45, 7) is 0.690. The molecule has 108 valence electrons. The molecule has 0 saturated heterocycles. The zero-order valence-electron chi connectivity index (χ0n) is 11.1.